The summed E-state index contributed by atoms with van der Waals surface area (Å²) in [5.74, 6) is 0.460. The molecule has 0 fully saturated rings. The number of aryl methyl sites for hydroxylation is 2. The fraction of sp³-hybridized carbons (Fsp3) is 0.200. The number of amides is 1. The van der Waals surface area contributed by atoms with Gasteiger partial charge in [-0.25, -0.2) is 8.42 Å². The average molecular weight is 429 g/mol. The molecule has 2 aromatic carbocycles. The number of nitro groups is 1. The number of aromatic nitrogens is 1. The fourth-order valence-electron chi connectivity index (χ4n) is 2.92. The number of anilines is 1. The maximum Gasteiger partial charge on any atom is 0.269 e. The topological polar surface area (TPSA) is 132 Å². The van der Waals surface area contributed by atoms with Gasteiger partial charge >= 0.3 is 0 Å². The van der Waals surface area contributed by atoms with E-state index in [4.69, 9.17) is 4.52 Å². The van der Waals surface area contributed by atoms with Crippen LogP contribution in [0, 0.1) is 24.0 Å². The predicted octanol–water partition coefficient (Wildman–Crippen LogP) is 3.60. The molecule has 9 nitrogen and oxygen atoms in total. The standard InChI is InChI=1S/C20H19N3O6S/c1-13-19(14(2)29-22-13)11-12-20(24)21-15-3-7-17(8-4-15)30(27,28)18-9-5-16(6-10-18)23(25)26/h3-10H,11-12H2,1-2H3,(H,21,24). The molecule has 0 saturated heterocycles. The summed E-state index contributed by atoms with van der Waals surface area (Å²) in [5.41, 5.74) is 1.92. The first-order valence-electron chi connectivity index (χ1n) is 8.99. The Balaban J connectivity index is 1.66. The van der Waals surface area contributed by atoms with Crippen LogP contribution in [0.4, 0.5) is 11.4 Å². The van der Waals surface area contributed by atoms with Crippen LogP contribution < -0.4 is 5.32 Å². The second kappa shape index (κ2) is 8.46. The number of sulfone groups is 1. The molecule has 1 heterocycles. The highest BCUT2D eigenvalue weighted by Crippen LogP contribution is 2.24. The molecule has 0 bridgehead atoms. The third kappa shape index (κ3) is 4.54. The van der Waals surface area contributed by atoms with Gasteiger partial charge in [-0.3, -0.25) is 14.9 Å². The Morgan fingerprint density at radius 3 is 2.13 bits per heavy atom. The number of nitrogens with zero attached hydrogens (tertiary/aromatic N) is 2. The van der Waals surface area contributed by atoms with Crippen LogP contribution in [0.3, 0.4) is 0 Å². The van der Waals surface area contributed by atoms with Gasteiger partial charge in [0.25, 0.3) is 5.69 Å². The second-order valence-corrected chi connectivity index (χ2v) is 8.58. The number of nitro benzene ring substituents is 1. The Hall–Kier alpha value is -3.53. The molecule has 156 valence electrons. The molecular formula is C20H19N3O6S. The number of nitrogens with one attached hydrogen (secondary N) is 1. The fourth-order valence-corrected chi connectivity index (χ4v) is 4.18. The van der Waals surface area contributed by atoms with E-state index in [-0.39, 0.29) is 27.8 Å². The monoisotopic (exact) mass is 429 g/mol. The minimum Gasteiger partial charge on any atom is -0.361 e. The highest BCUT2D eigenvalue weighted by Gasteiger charge is 2.19. The van der Waals surface area contributed by atoms with Crippen LogP contribution in [-0.4, -0.2) is 24.4 Å². The van der Waals surface area contributed by atoms with E-state index >= 15 is 0 Å². The molecule has 0 unspecified atom stereocenters. The highest BCUT2D eigenvalue weighted by molar-refractivity contribution is 7.91. The number of hydrogen-bond acceptors (Lipinski definition) is 7. The number of rotatable bonds is 7. The summed E-state index contributed by atoms with van der Waals surface area (Å²) >= 11 is 0. The van der Waals surface area contributed by atoms with Gasteiger partial charge in [-0.1, -0.05) is 5.16 Å². The van der Waals surface area contributed by atoms with Crippen molar-refractivity contribution < 1.29 is 22.7 Å². The van der Waals surface area contributed by atoms with Crippen molar-refractivity contribution in [2.45, 2.75) is 36.5 Å². The van der Waals surface area contributed by atoms with Crippen LogP contribution in [0.25, 0.3) is 0 Å². The van der Waals surface area contributed by atoms with Gasteiger partial charge in [0.2, 0.25) is 15.7 Å². The number of non-ortho nitro benzene ring substituents is 1. The largest absolute Gasteiger partial charge is 0.361 e. The summed E-state index contributed by atoms with van der Waals surface area (Å²) in [4.78, 5) is 22.3. The Morgan fingerprint density at radius 2 is 1.63 bits per heavy atom. The van der Waals surface area contributed by atoms with Crippen molar-refractivity contribution in [2.75, 3.05) is 5.32 Å². The first-order chi connectivity index (χ1) is 14.2. The Kier molecular flexibility index (Phi) is 5.97. The minimum absolute atomic E-state index is 0.0186. The van der Waals surface area contributed by atoms with Crippen molar-refractivity contribution in [3.05, 3.63) is 75.7 Å². The van der Waals surface area contributed by atoms with Crippen LogP contribution >= 0.6 is 0 Å². The van der Waals surface area contributed by atoms with Crippen LogP contribution in [0.15, 0.2) is 62.8 Å². The van der Waals surface area contributed by atoms with Crippen molar-refractivity contribution in [1.82, 2.24) is 5.16 Å². The average Bonchev–Trinajstić information content (AvgIpc) is 3.04. The summed E-state index contributed by atoms with van der Waals surface area (Å²) in [7, 11) is -3.83. The molecular weight excluding hydrogens is 410 g/mol. The zero-order chi connectivity index (χ0) is 21.9. The molecule has 10 heteroatoms. The van der Waals surface area contributed by atoms with Gasteiger partial charge in [0.05, 0.1) is 20.4 Å². The first kappa shape index (κ1) is 21.2. The van der Waals surface area contributed by atoms with Crippen molar-refractivity contribution in [1.29, 1.82) is 0 Å². The smallest absolute Gasteiger partial charge is 0.269 e. The molecule has 3 aromatic rings. The van der Waals surface area contributed by atoms with Gasteiger partial charge in [0.1, 0.15) is 5.76 Å². The van der Waals surface area contributed by atoms with Gasteiger partial charge in [0, 0.05) is 29.8 Å². The Bertz CT molecular complexity index is 1160. The molecule has 1 aromatic heterocycles. The molecule has 1 N–H and O–H groups in total. The lowest BCUT2D eigenvalue weighted by atomic mass is 10.1. The quantitative estimate of drug-likeness (QED) is 0.448. The normalized spacial score (nSPS) is 11.3. The van der Waals surface area contributed by atoms with Crippen LogP contribution in [0.2, 0.25) is 0 Å². The summed E-state index contributed by atoms with van der Waals surface area (Å²) in [6, 6.07) is 10.4. The predicted molar refractivity (Wildman–Crippen MR) is 108 cm³/mol. The van der Waals surface area contributed by atoms with Gasteiger partial charge < -0.3 is 9.84 Å². The molecule has 0 saturated carbocycles. The molecule has 1 amide bonds. The molecule has 0 atom stereocenters. The van der Waals surface area contributed by atoms with E-state index in [1.807, 2.05) is 6.92 Å². The van der Waals surface area contributed by atoms with E-state index in [0.717, 1.165) is 23.4 Å². The number of benzene rings is 2. The number of hydrogen-bond donors (Lipinski definition) is 1. The molecule has 30 heavy (non-hydrogen) atoms. The Morgan fingerprint density at radius 1 is 1.07 bits per heavy atom. The molecule has 3 rings (SSSR count). The number of carbonyl (C=O) groups is 1. The van der Waals surface area contributed by atoms with Crippen LogP contribution in [0.1, 0.15) is 23.4 Å². The minimum atomic E-state index is -3.83. The summed E-state index contributed by atoms with van der Waals surface area (Å²) in [5, 5.41) is 17.3. The van der Waals surface area contributed by atoms with Crippen molar-refractivity contribution in [3.63, 3.8) is 0 Å². The molecule has 0 aliphatic rings. The van der Waals surface area contributed by atoms with E-state index in [1.54, 1.807) is 6.92 Å². The van der Waals surface area contributed by atoms with Gasteiger partial charge in [0.15, 0.2) is 0 Å². The molecule has 0 radical (unpaired) electrons. The number of carbonyl (C=O) groups excluding carboxylic acids is 1. The maximum absolute atomic E-state index is 12.7. The second-order valence-electron chi connectivity index (χ2n) is 6.63. The zero-order valence-electron chi connectivity index (χ0n) is 16.3. The van der Waals surface area contributed by atoms with E-state index in [9.17, 15) is 23.3 Å². The molecule has 0 spiro atoms. The zero-order valence-corrected chi connectivity index (χ0v) is 17.1. The third-order valence-electron chi connectivity index (χ3n) is 4.59. The van der Waals surface area contributed by atoms with Gasteiger partial charge in [-0.15, -0.1) is 0 Å². The SMILES string of the molecule is Cc1noc(C)c1CCC(=O)Nc1ccc(S(=O)(=O)c2ccc([N+](=O)[O-])cc2)cc1. The van der Waals surface area contributed by atoms with E-state index in [0.29, 0.717) is 17.9 Å². The lowest BCUT2D eigenvalue weighted by molar-refractivity contribution is -0.384. The van der Waals surface area contributed by atoms with Crippen molar-refractivity contribution in [2.24, 2.45) is 0 Å². The molecule has 0 aliphatic carbocycles. The lowest BCUT2D eigenvalue weighted by Gasteiger charge is -2.08. The first-order valence-corrected chi connectivity index (χ1v) is 10.5. The van der Waals surface area contributed by atoms with Crippen LogP contribution in [-0.2, 0) is 21.1 Å². The van der Waals surface area contributed by atoms with Crippen molar-refractivity contribution >= 4 is 27.1 Å². The summed E-state index contributed by atoms with van der Waals surface area (Å²) < 4.78 is 30.4. The van der Waals surface area contributed by atoms with Crippen LogP contribution in [0.5, 0.6) is 0 Å². The Labute approximate surface area is 172 Å². The van der Waals surface area contributed by atoms with E-state index in [2.05, 4.69) is 10.5 Å². The molecule has 0 aliphatic heterocycles. The summed E-state index contributed by atoms with van der Waals surface area (Å²) in [6.45, 7) is 3.60. The van der Waals surface area contributed by atoms with Crippen molar-refractivity contribution in [3.8, 4) is 0 Å². The highest BCUT2D eigenvalue weighted by atomic mass is 32.2. The lowest BCUT2D eigenvalue weighted by Crippen LogP contribution is -2.13. The summed E-state index contributed by atoms with van der Waals surface area (Å²) in [6.07, 6.45) is 0.714. The van der Waals surface area contributed by atoms with Gasteiger partial charge in [-0.2, -0.15) is 0 Å². The van der Waals surface area contributed by atoms with Gasteiger partial charge in [-0.05, 0) is 56.7 Å². The third-order valence-corrected chi connectivity index (χ3v) is 6.38. The van der Waals surface area contributed by atoms with E-state index in [1.165, 1.54) is 36.4 Å². The van der Waals surface area contributed by atoms with E-state index < -0.39 is 14.8 Å². The maximum atomic E-state index is 12.7.